The smallest absolute Gasteiger partial charge is 0.244 e. The molecule has 0 saturated carbocycles. The van der Waals surface area contributed by atoms with Crippen LogP contribution in [0, 0.1) is 0 Å². The lowest BCUT2D eigenvalue weighted by Crippen LogP contribution is -2.39. The van der Waals surface area contributed by atoms with Crippen molar-refractivity contribution in [1.29, 1.82) is 0 Å². The molecule has 7 heteroatoms. The van der Waals surface area contributed by atoms with E-state index < -0.39 is 0 Å². The number of amides is 1. The van der Waals surface area contributed by atoms with E-state index in [0.29, 0.717) is 24.6 Å². The second-order valence-corrected chi connectivity index (χ2v) is 6.53. The Bertz CT molecular complexity index is 778. The van der Waals surface area contributed by atoms with Crippen LogP contribution in [0.15, 0.2) is 42.5 Å². The van der Waals surface area contributed by atoms with Gasteiger partial charge in [-0.3, -0.25) is 9.69 Å². The topological polar surface area (TPSA) is 68.0 Å². The Hall–Kier alpha value is -2.44. The highest BCUT2D eigenvalue weighted by Crippen LogP contribution is 2.32. The van der Waals surface area contributed by atoms with E-state index in [1.807, 2.05) is 43.4 Å². The summed E-state index contributed by atoms with van der Waals surface area (Å²) in [5, 5.41) is 0. The molecule has 1 amide bonds. The minimum absolute atomic E-state index is 0. The average molecular weight is 392 g/mol. The third-order valence-corrected chi connectivity index (χ3v) is 4.74. The van der Waals surface area contributed by atoms with Crippen molar-refractivity contribution in [1.82, 2.24) is 4.90 Å². The van der Waals surface area contributed by atoms with E-state index in [2.05, 4.69) is 4.90 Å². The van der Waals surface area contributed by atoms with Crippen molar-refractivity contribution < 1.29 is 14.3 Å². The number of likely N-dealkylation sites (N-methyl/N-ethyl adjacent to an activating group) is 1. The molecule has 1 unspecified atom stereocenters. The van der Waals surface area contributed by atoms with E-state index in [9.17, 15) is 4.79 Å². The molecule has 1 heterocycles. The van der Waals surface area contributed by atoms with Gasteiger partial charge in [-0.2, -0.15) is 0 Å². The van der Waals surface area contributed by atoms with E-state index in [-0.39, 0.29) is 24.4 Å². The van der Waals surface area contributed by atoms with Crippen LogP contribution < -0.4 is 20.1 Å². The fourth-order valence-electron chi connectivity index (χ4n) is 3.37. The molecule has 0 aliphatic carbocycles. The summed E-state index contributed by atoms with van der Waals surface area (Å²) in [4.78, 5) is 16.9. The first-order chi connectivity index (χ1) is 12.5. The maximum absolute atomic E-state index is 13.0. The molecule has 0 spiro atoms. The zero-order chi connectivity index (χ0) is 18.7. The van der Waals surface area contributed by atoms with Crippen LogP contribution in [0.25, 0.3) is 0 Å². The summed E-state index contributed by atoms with van der Waals surface area (Å²) in [5.74, 6) is 1.43. The van der Waals surface area contributed by atoms with Gasteiger partial charge in [0.05, 0.1) is 25.9 Å². The molecule has 27 heavy (non-hydrogen) atoms. The molecule has 2 aromatic carbocycles. The highest BCUT2D eigenvalue weighted by atomic mass is 35.5. The molecule has 0 bridgehead atoms. The van der Waals surface area contributed by atoms with Gasteiger partial charge in [0, 0.05) is 37.0 Å². The summed E-state index contributed by atoms with van der Waals surface area (Å²) in [6, 6.07) is 13.1. The first-order valence-corrected chi connectivity index (χ1v) is 8.61. The van der Waals surface area contributed by atoms with Gasteiger partial charge in [-0.15, -0.1) is 12.4 Å². The number of anilines is 2. The Morgan fingerprint density at radius 1 is 1.15 bits per heavy atom. The number of nitrogens with two attached hydrogens (primary N) is 1. The van der Waals surface area contributed by atoms with E-state index in [0.717, 1.165) is 23.4 Å². The lowest BCUT2D eigenvalue weighted by Gasteiger charge is -2.24. The van der Waals surface area contributed by atoms with Gasteiger partial charge >= 0.3 is 0 Å². The van der Waals surface area contributed by atoms with E-state index in [1.54, 1.807) is 25.2 Å². The van der Waals surface area contributed by atoms with Crippen molar-refractivity contribution >= 4 is 29.7 Å². The lowest BCUT2D eigenvalue weighted by molar-refractivity contribution is -0.121. The molecule has 1 saturated heterocycles. The van der Waals surface area contributed by atoms with Gasteiger partial charge in [0.25, 0.3) is 0 Å². The summed E-state index contributed by atoms with van der Waals surface area (Å²) in [7, 11) is 5.18. The molecule has 0 aromatic heterocycles. The highest BCUT2D eigenvalue weighted by molar-refractivity contribution is 5.99. The SMILES string of the molecule is COc1cc(OC)cc(N2CCC(N(C)Cc3cccc(N)c3)C2=O)c1.Cl. The maximum atomic E-state index is 13.0. The van der Waals surface area contributed by atoms with Crippen molar-refractivity contribution in [3.8, 4) is 11.5 Å². The predicted molar refractivity (Wildman–Crippen MR) is 110 cm³/mol. The summed E-state index contributed by atoms with van der Waals surface area (Å²) in [6.45, 7) is 1.35. The molecule has 1 fully saturated rings. The Kier molecular flexibility index (Phi) is 6.93. The van der Waals surface area contributed by atoms with E-state index in [4.69, 9.17) is 15.2 Å². The number of halogens is 1. The molecule has 1 aliphatic rings. The van der Waals surface area contributed by atoms with Crippen LogP contribution in [0.2, 0.25) is 0 Å². The number of rotatable bonds is 6. The predicted octanol–water partition coefficient (Wildman–Crippen LogP) is 2.95. The maximum Gasteiger partial charge on any atom is 0.244 e. The van der Waals surface area contributed by atoms with Crippen LogP contribution in [0.1, 0.15) is 12.0 Å². The standard InChI is InChI=1S/C20H25N3O3.ClH/c1-22(13-14-5-4-6-15(21)9-14)19-7-8-23(20(19)24)16-10-17(25-2)12-18(11-16)26-3;/h4-6,9-12,19H,7-8,13,21H2,1-3H3;1H. The molecular formula is C20H26ClN3O3. The number of nitrogen functional groups attached to an aromatic ring is 1. The molecule has 0 radical (unpaired) electrons. The summed E-state index contributed by atoms with van der Waals surface area (Å²) >= 11 is 0. The number of hydrogen-bond acceptors (Lipinski definition) is 5. The van der Waals surface area contributed by atoms with Gasteiger partial charge in [-0.1, -0.05) is 12.1 Å². The number of carbonyl (C=O) groups excluding carboxylic acids is 1. The molecule has 3 rings (SSSR count). The molecule has 2 aromatic rings. The van der Waals surface area contributed by atoms with Gasteiger partial charge in [-0.05, 0) is 31.2 Å². The number of carbonyl (C=O) groups is 1. The second kappa shape index (κ2) is 8.97. The minimum Gasteiger partial charge on any atom is -0.497 e. The number of hydrogen-bond donors (Lipinski definition) is 1. The Balaban J connectivity index is 0.00000261. The van der Waals surface area contributed by atoms with Gasteiger partial charge in [-0.25, -0.2) is 0 Å². The highest BCUT2D eigenvalue weighted by Gasteiger charge is 2.35. The fraction of sp³-hybridized carbons (Fsp3) is 0.350. The average Bonchev–Trinajstić information content (AvgIpc) is 3.02. The second-order valence-electron chi connectivity index (χ2n) is 6.53. The van der Waals surface area contributed by atoms with Crippen molar-refractivity contribution in [3.63, 3.8) is 0 Å². The van der Waals surface area contributed by atoms with Crippen molar-refractivity contribution in [2.75, 3.05) is 38.4 Å². The molecule has 146 valence electrons. The first-order valence-electron chi connectivity index (χ1n) is 8.61. The normalized spacial score (nSPS) is 16.4. The van der Waals surface area contributed by atoms with Crippen LogP contribution in [0.5, 0.6) is 11.5 Å². The Labute approximate surface area is 166 Å². The van der Waals surface area contributed by atoms with Crippen LogP contribution in [0.4, 0.5) is 11.4 Å². The van der Waals surface area contributed by atoms with Crippen LogP contribution in [-0.4, -0.2) is 44.7 Å². The molecule has 2 N–H and O–H groups in total. The van der Waals surface area contributed by atoms with Gasteiger partial charge in [0.1, 0.15) is 11.5 Å². The summed E-state index contributed by atoms with van der Waals surface area (Å²) < 4.78 is 10.6. The van der Waals surface area contributed by atoms with Crippen molar-refractivity contribution in [3.05, 3.63) is 48.0 Å². The van der Waals surface area contributed by atoms with Gasteiger partial charge < -0.3 is 20.1 Å². The van der Waals surface area contributed by atoms with Crippen LogP contribution in [-0.2, 0) is 11.3 Å². The van der Waals surface area contributed by atoms with Crippen molar-refractivity contribution in [2.45, 2.75) is 19.0 Å². The first kappa shape index (κ1) is 20.9. The van der Waals surface area contributed by atoms with Crippen LogP contribution in [0.3, 0.4) is 0 Å². The number of nitrogens with zero attached hydrogens (tertiary/aromatic N) is 2. The van der Waals surface area contributed by atoms with Crippen molar-refractivity contribution in [2.24, 2.45) is 0 Å². The number of benzene rings is 2. The van der Waals surface area contributed by atoms with E-state index >= 15 is 0 Å². The lowest BCUT2D eigenvalue weighted by atomic mass is 10.1. The summed E-state index contributed by atoms with van der Waals surface area (Å²) in [6.07, 6.45) is 0.775. The third-order valence-electron chi connectivity index (χ3n) is 4.74. The summed E-state index contributed by atoms with van der Waals surface area (Å²) in [5.41, 5.74) is 8.48. The Morgan fingerprint density at radius 2 is 1.81 bits per heavy atom. The van der Waals surface area contributed by atoms with Crippen LogP contribution >= 0.6 is 12.4 Å². The van der Waals surface area contributed by atoms with E-state index in [1.165, 1.54) is 0 Å². The third kappa shape index (κ3) is 4.64. The number of methoxy groups -OCH3 is 2. The quantitative estimate of drug-likeness (QED) is 0.767. The fourth-order valence-corrected chi connectivity index (χ4v) is 3.37. The molecule has 6 nitrogen and oxygen atoms in total. The van der Waals surface area contributed by atoms with Gasteiger partial charge in [0.2, 0.25) is 5.91 Å². The Morgan fingerprint density at radius 3 is 2.41 bits per heavy atom. The minimum atomic E-state index is -0.159. The number of ether oxygens (including phenoxy) is 2. The zero-order valence-corrected chi connectivity index (χ0v) is 16.7. The van der Waals surface area contributed by atoms with Gasteiger partial charge in [0.15, 0.2) is 0 Å². The zero-order valence-electron chi connectivity index (χ0n) is 15.8. The molecule has 1 aliphatic heterocycles. The monoisotopic (exact) mass is 391 g/mol. The molecule has 1 atom stereocenters. The largest absolute Gasteiger partial charge is 0.497 e. The molecular weight excluding hydrogens is 366 g/mol.